The number of hydrogen-bond acceptors (Lipinski definition) is 3. The smallest absolute Gasteiger partial charge is 0.127 e. The molecule has 62 valence electrons. The molecule has 0 unspecified atom stereocenters. The minimum absolute atomic E-state index is 0.439. The van der Waals surface area contributed by atoms with E-state index in [1.54, 1.807) is 20.0 Å². The van der Waals surface area contributed by atoms with Gasteiger partial charge in [-0.05, 0) is 6.92 Å². The Bertz CT molecular complexity index is 318. The summed E-state index contributed by atoms with van der Waals surface area (Å²) in [5.41, 5.74) is 1.09. The Kier molecular flexibility index (Phi) is 2.51. The number of nitrogens with one attached hydrogen (secondary N) is 1. The van der Waals surface area contributed by atoms with Gasteiger partial charge in [-0.1, -0.05) is 11.6 Å². The average Bonchev–Trinajstić information content (AvgIpc) is 2.03. The van der Waals surface area contributed by atoms with Crippen LogP contribution in [-0.2, 0) is 0 Å². The van der Waals surface area contributed by atoms with E-state index in [4.69, 9.17) is 16.9 Å². The molecule has 0 saturated heterocycles. The Hall–Kier alpha value is -1.27. The number of nitrogens with zero attached hydrogens (tertiary/aromatic N) is 2. The SMILES string of the molecule is CNc1cc(Cl)c(C#N)c(C)n1. The Morgan fingerprint density at radius 2 is 2.33 bits per heavy atom. The van der Waals surface area contributed by atoms with Crippen LogP contribution in [-0.4, -0.2) is 12.0 Å². The van der Waals surface area contributed by atoms with Gasteiger partial charge < -0.3 is 5.32 Å². The van der Waals surface area contributed by atoms with Gasteiger partial charge in [0, 0.05) is 13.1 Å². The molecule has 1 aromatic rings. The monoisotopic (exact) mass is 181 g/mol. The van der Waals surface area contributed by atoms with Crippen molar-refractivity contribution in [3.63, 3.8) is 0 Å². The quantitative estimate of drug-likeness (QED) is 0.721. The highest BCUT2D eigenvalue weighted by Crippen LogP contribution is 2.20. The summed E-state index contributed by atoms with van der Waals surface area (Å²) in [4.78, 5) is 4.11. The van der Waals surface area contributed by atoms with E-state index >= 15 is 0 Å². The van der Waals surface area contributed by atoms with E-state index in [9.17, 15) is 0 Å². The van der Waals surface area contributed by atoms with Crippen molar-refractivity contribution in [3.8, 4) is 6.07 Å². The van der Waals surface area contributed by atoms with E-state index in [-0.39, 0.29) is 0 Å². The van der Waals surface area contributed by atoms with Crippen molar-refractivity contribution in [1.82, 2.24) is 4.98 Å². The Morgan fingerprint density at radius 1 is 1.67 bits per heavy atom. The number of aryl methyl sites for hydroxylation is 1. The number of rotatable bonds is 1. The van der Waals surface area contributed by atoms with Gasteiger partial charge in [0.2, 0.25) is 0 Å². The third kappa shape index (κ3) is 1.49. The summed E-state index contributed by atoms with van der Waals surface area (Å²) in [6, 6.07) is 3.62. The lowest BCUT2D eigenvalue weighted by molar-refractivity contribution is 1.17. The fourth-order valence-electron chi connectivity index (χ4n) is 0.896. The normalized spacial score (nSPS) is 9.17. The molecule has 0 aliphatic rings. The highest BCUT2D eigenvalue weighted by molar-refractivity contribution is 6.32. The lowest BCUT2D eigenvalue weighted by Gasteiger charge is -2.03. The first kappa shape index (κ1) is 8.82. The number of anilines is 1. The van der Waals surface area contributed by atoms with Crippen LogP contribution in [0.15, 0.2) is 6.07 Å². The van der Waals surface area contributed by atoms with Gasteiger partial charge in [-0.3, -0.25) is 0 Å². The van der Waals surface area contributed by atoms with Gasteiger partial charge in [-0.15, -0.1) is 0 Å². The van der Waals surface area contributed by atoms with Crippen molar-refractivity contribution < 1.29 is 0 Å². The predicted octanol–water partition coefficient (Wildman–Crippen LogP) is 1.96. The molecule has 1 heterocycles. The van der Waals surface area contributed by atoms with Crippen molar-refractivity contribution in [1.29, 1.82) is 5.26 Å². The maximum atomic E-state index is 8.67. The molecule has 1 N–H and O–H groups in total. The molecule has 0 amide bonds. The van der Waals surface area contributed by atoms with Crippen LogP contribution in [0.25, 0.3) is 0 Å². The van der Waals surface area contributed by atoms with Crippen LogP contribution < -0.4 is 5.32 Å². The highest BCUT2D eigenvalue weighted by Gasteiger charge is 2.05. The molecule has 0 atom stereocenters. The van der Waals surface area contributed by atoms with Gasteiger partial charge in [0.05, 0.1) is 16.3 Å². The summed E-state index contributed by atoms with van der Waals surface area (Å²) in [6.07, 6.45) is 0. The number of halogens is 1. The number of pyridine rings is 1. The van der Waals surface area contributed by atoms with Crippen molar-refractivity contribution in [2.45, 2.75) is 6.92 Å². The average molecular weight is 182 g/mol. The van der Waals surface area contributed by atoms with Gasteiger partial charge in [0.15, 0.2) is 0 Å². The second-order valence-corrected chi connectivity index (χ2v) is 2.72. The minimum atomic E-state index is 0.439. The fourth-order valence-corrected chi connectivity index (χ4v) is 1.18. The molecule has 12 heavy (non-hydrogen) atoms. The Labute approximate surface area is 76.0 Å². The summed E-state index contributed by atoms with van der Waals surface area (Å²) in [5, 5.41) is 12.0. The maximum Gasteiger partial charge on any atom is 0.127 e. The van der Waals surface area contributed by atoms with Crippen molar-refractivity contribution in [2.24, 2.45) is 0 Å². The first-order valence-electron chi connectivity index (χ1n) is 3.44. The lowest BCUT2D eigenvalue weighted by Crippen LogP contribution is -1.96. The zero-order valence-electron chi connectivity index (χ0n) is 6.85. The predicted molar refractivity (Wildman–Crippen MR) is 48.2 cm³/mol. The van der Waals surface area contributed by atoms with Crippen molar-refractivity contribution in [3.05, 3.63) is 22.3 Å². The highest BCUT2D eigenvalue weighted by atomic mass is 35.5. The number of hydrogen-bond donors (Lipinski definition) is 1. The second kappa shape index (κ2) is 3.42. The molecule has 0 aliphatic carbocycles. The first-order chi connectivity index (χ1) is 5.69. The summed E-state index contributed by atoms with van der Waals surface area (Å²) in [7, 11) is 1.75. The maximum absolute atomic E-state index is 8.67. The van der Waals surface area contributed by atoms with Crippen LogP contribution in [0.3, 0.4) is 0 Å². The lowest BCUT2D eigenvalue weighted by atomic mass is 10.2. The molecule has 0 aromatic carbocycles. The zero-order chi connectivity index (χ0) is 9.14. The standard InChI is InChI=1S/C8H8ClN3/c1-5-6(4-10)7(9)3-8(11-2)12-5/h3H,1-2H3,(H,11,12). The molecular weight excluding hydrogens is 174 g/mol. The van der Waals surface area contributed by atoms with E-state index in [2.05, 4.69) is 10.3 Å². The van der Waals surface area contributed by atoms with Gasteiger partial charge in [0.25, 0.3) is 0 Å². The largest absolute Gasteiger partial charge is 0.373 e. The summed E-state index contributed by atoms with van der Waals surface area (Å²) in [5.74, 6) is 0.677. The third-order valence-corrected chi connectivity index (χ3v) is 1.82. The van der Waals surface area contributed by atoms with E-state index in [0.717, 1.165) is 0 Å². The van der Waals surface area contributed by atoms with Crippen LogP contribution in [0, 0.1) is 18.3 Å². The summed E-state index contributed by atoms with van der Waals surface area (Å²) < 4.78 is 0. The minimum Gasteiger partial charge on any atom is -0.373 e. The van der Waals surface area contributed by atoms with E-state index in [1.807, 2.05) is 6.07 Å². The van der Waals surface area contributed by atoms with Crippen LogP contribution in [0.1, 0.15) is 11.3 Å². The molecule has 1 aromatic heterocycles. The Balaban J connectivity index is 3.30. The molecule has 0 bridgehead atoms. The van der Waals surface area contributed by atoms with Gasteiger partial charge in [0.1, 0.15) is 11.9 Å². The molecule has 0 spiro atoms. The van der Waals surface area contributed by atoms with Gasteiger partial charge >= 0.3 is 0 Å². The first-order valence-corrected chi connectivity index (χ1v) is 3.82. The van der Waals surface area contributed by atoms with Crippen LogP contribution in [0.2, 0.25) is 5.02 Å². The topological polar surface area (TPSA) is 48.7 Å². The molecule has 4 heteroatoms. The van der Waals surface area contributed by atoms with E-state index < -0.39 is 0 Å². The molecule has 1 rings (SSSR count). The van der Waals surface area contributed by atoms with Crippen LogP contribution in [0.4, 0.5) is 5.82 Å². The van der Waals surface area contributed by atoms with Crippen molar-refractivity contribution in [2.75, 3.05) is 12.4 Å². The van der Waals surface area contributed by atoms with Crippen molar-refractivity contribution >= 4 is 17.4 Å². The molecule has 0 radical (unpaired) electrons. The number of aromatic nitrogens is 1. The van der Waals surface area contributed by atoms with Crippen LogP contribution >= 0.6 is 11.6 Å². The third-order valence-electron chi connectivity index (χ3n) is 1.52. The molecule has 0 aliphatic heterocycles. The number of nitriles is 1. The summed E-state index contributed by atoms with van der Waals surface area (Å²) in [6.45, 7) is 1.76. The van der Waals surface area contributed by atoms with E-state index in [1.165, 1.54) is 0 Å². The Morgan fingerprint density at radius 3 is 2.75 bits per heavy atom. The van der Waals surface area contributed by atoms with Crippen LogP contribution in [0.5, 0.6) is 0 Å². The molecule has 3 nitrogen and oxygen atoms in total. The van der Waals surface area contributed by atoms with E-state index in [0.29, 0.717) is 22.1 Å². The fraction of sp³-hybridized carbons (Fsp3) is 0.250. The molecule has 0 fully saturated rings. The molecular formula is C8H8ClN3. The zero-order valence-corrected chi connectivity index (χ0v) is 7.61. The van der Waals surface area contributed by atoms with Gasteiger partial charge in [-0.25, -0.2) is 4.98 Å². The molecule has 0 saturated carbocycles. The van der Waals surface area contributed by atoms with Gasteiger partial charge in [-0.2, -0.15) is 5.26 Å². The second-order valence-electron chi connectivity index (χ2n) is 2.31. The summed E-state index contributed by atoms with van der Waals surface area (Å²) >= 11 is 5.81.